The second kappa shape index (κ2) is 7.23. The van der Waals surface area contributed by atoms with Crippen LogP contribution in [0, 0.1) is 0 Å². The van der Waals surface area contributed by atoms with Gasteiger partial charge in [-0.1, -0.05) is 36.6 Å². The molecule has 0 atom stereocenters. The molecule has 138 valence electrons. The van der Waals surface area contributed by atoms with Crippen molar-refractivity contribution in [3.05, 3.63) is 23.8 Å². The van der Waals surface area contributed by atoms with Gasteiger partial charge in [-0.25, -0.2) is 4.79 Å². The number of halogens is 5. The van der Waals surface area contributed by atoms with E-state index in [0.717, 1.165) is 25.2 Å². The van der Waals surface area contributed by atoms with Crippen molar-refractivity contribution < 1.29 is 26.7 Å². The van der Waals surface area contributed by atoms with Crippen LogP contribution in [-0.2, 0) is 12.3 Å². The molecule has 0 aliphatic heterocycles. The quantitative estimate of drug-likeness (QED) is 0.580. The number of carbonyl (C=O) groups excluding carboxylic acids is 1. The van der Waals surface area contributed by atoms with Crippen LogP contribution < -0.4 is 0 Å². The third-order valence-corrected chi connectivity index (χ3v) is 3.46. The summed E-state index contributed by atoms with van der Waals surface area (Å²) in [5.74, 6) is -5.28. The first-order valence-corrected chi connectivity index (χ1v) is 7.50. The molecule has 2 aromatic heterocycles. The zero-order valence-electron chi connectivity index (χ0n) is 13.2. The Bertz CT molecular complexity index is 709. The molecule has 0 saturated carbocycles. The van der Waals surface area contributed by atoms with Crippen molar-refractivity contribution in [2.24, 2.45) is 0 Å². The van der Waals surface area contributed by atoms with E-state index in [1.54, 1.807) is 0 Å². The highest BCUT2D eigenvalue weighted by atomic mass is 19.4. The summed E-state index contributed by atoms with van der Waals surface area (Å²) >= 11 is 0. The Kier molecular flexibility index (Phi) is 5.48. The van der Waals surface area contributed by atoms with Crippen LogP contribution >= 0.6 is 0 Å². The van der Waals surface area contributed by atoms with Crippen molar-refractivity contribution in [3.63, 3.8) is 0 Å². The summed E-state index contributed by atoms with van der Waals surface area (Å²) in [5, 5.41) is 13.2. The average Bonchev–Trinajstić information content (AvgIpc) is 3.19. The number of unbranched alkanes of at least 4 members (excludes halogenated alkanes) is 3. The topological polar surface area (TPSA) is 78.5 Å². The van der Waals surface area contributed by atoms with Gasteiger partial charge in [0, 0.05) is 0 Å². The first-order valence-electron chi connectivity index (χ1n) is 7.50. The summed E-state index contributed by atoms with van der Waals surface area (Å²) in [6.07, 6.45) is -1.32. The van der Waals surface area contributed by atoms with Crippen LogP contribution in [0.25, 0.3) is 0 Å². The molecule has 0 radical (unpaired) electrons. The van der Waals surface area contributed by atoms with Crippen LogP contribution in [0.15, 0.2) is 12.4 Å². The predicted molar refractivity (Wildman–Crippen MR) is 74.0 cm³/mol. The minimum atomic E-state index is -5.90. The first kappa shape index (κ1) is 18.9. The number of aromatic nitrogens is 6. The van der Waals surface area contributed by atoms with Gasteiger partial charge in [0.15, 0.2) is 5.69 Å². The Morgan fingerprint density at radius 1 is 1.12 bits per heavy atom. The van der Waals surface area contributed by atoms with Crippen molar-refractivity contribution in [1.29, 1.82) is 0 Å². The second-order valence-corrected chi connectivity index (χ2v) is 5.31. The summed E-state index contributed by atoms with van der Waals surface area (Å²) in [4.78, 5) is 12.1. The van der Waals surface area contributed by atoms with E-state index in [9.17, 15) is 26.7 Å². The van der Waals surface area contributed by atoms with Crippen LogP contribution in [-0.4, -0.2) is 42.2 Å². The highest BCUT2D eigenvalue weighted by Crippen LogP contribution is 2.44. The lowest BCUT2D eigenvalue weighted by molar-refractivity contribution is -0.291. The van der Waals surface area contributed by atoms with Crippen LogP contribution in [0.5, 0.6) is 0 Å². The fraction of sp³-hybridized carbons (Fsp3) is 0.615. The number of carbonyl (C=O) groups is 1. The lowest BCUT2D eigenvalue weighted by atomic mass is 10.1. The van der Waals surface area contributed by atoms with E-state index in [2.05, 4.69) is 20.6 Å². The molecular weight excluding hydrogens is 351 g/mol. The largest absolute Gasteiger partial charge is 0.459 e. The van der Waals surface area contributed by atoms with Gasteiger partial charge >= 0.3 is 18.1 Å². The minimum Gasteiger partial charge on any atom is -0.243 e. The molecule has 0 amide bonds. The third-order valence-electron chi connectivity index (χ3n) is 3.46. The lowest BCUT2D eigenvalue weighted by Gasteiger charge is -2.20. The van der Waals surface area contributed by atoms with E-state index in [4.69, 9.17) is 0 Å². The van der Waals surface area contributed by atoms with Gasteiger partial charge in [0.05, 0.1) is 18.1 Å². The Balaban J connectivity index is 2.43. The van der Waals surface area contributed by atoms with Gasteiger partial charge in [-0.15, -0.1) is 10.2 Å². The molecule has 0 aliphatic rings. The van der Waals surface area contributed by atoms with Crippen molar-refractivity contribution in [1.82, 2.24) is 30.0 Å². The number of rotatable bonds is 6. The van der Waals surface area contributed by atoms with Gasteiger partial charge in [0.25, 0.3) is 0 Å². The van der Waals surface area contributed by atoms with Crippen molar-refractivity contribution in [3.8, 4) is 0 Å². The fourth-order valence-corrected chi connectivity index (χ4v) is 2.19. The van der Waals surface area contributed by atoms with E-state index in [-0.39, 0.29) is 11.1 Å². The summed E-state index contributed by atoms with van der Waals surface area (Å²) in [7, 11) is 0. The molecule has 0 aliphatic carbocycles. The van der Waals surface area contributed by atoms with Gasteiger partial charge in [-0.3, -0.25) is 0 Å². The van der Waals surface area contributed by atoms with Crippen LogP contribution in [0.2, 0.25) is 0 Å². The Morgan fingerprint density at radius 3 is 2.40 bits per heavy atom. The van der Waals surface area contributed by atoms with Crippen LogP contribution in [0.4, 0.5) is 26.7 Å². The highest BCUT2D eigenvalue weighted by molar-refractivity contribution is 5.78. The van der Waals surface area contributed by atoms with Crippen molar-refractivity contribution >= 4 is 6.03 Å². The Labute approximate surface area is 138 Å². The SMILES string of the molecule is CCCCCCc1nnn(C(=O)n2ccnn2)c1C(F)(F)C(F)(F)F. The van der Waals surface area contributed by atoms with E-state index in [1.807, 2.05) is 6.92 Å². The predicted octanol–water partition coefficient (Wildman–Crippen LogP) is 3.16. The monoisotopic (exact) mass is 366 g/mol. The Hall–Kier alpha value is -2.40. The van der Waals surface area contributed by atoms with Crippen molar-refractivity contribution in [2.45, 2.75) is 51.1 Å². The molecule has 25 heavy (non-hydrogen) atoms. The van der Waals surface area contributed by atoms with Gasteiger partial charge < -0.3 is 0 Å². The molecule has 2 rings (SSSR count). The normalized spacial score (nSPS) is 12.6. The van der Waals surface area contributed by atoms with E-state index < -0.39 is 29.5 Å². The second-order valence-electron chi connectivity index (χ2n) is 5.31. The molecule has 0 N–H and O–H groups in total. The number of aryl methyl sites for hydroxylation is 1. The molecular formula is C13H15F5N6O. The molecule has 0 bridgehead atoms. The number of alkyl halides is 5. The molecule has 0 spiro atoms. The first-order chi connectivity index (χ1) is 11.7. The van der Waals surface area contributed by atoms with Gasteiger partial charge in [-0.2, -0.15) is 31.3 Å². The average molecular weight is 366 g/mol. The highest BCUT2D eigenvalue weighted by Gasteiger charge is 2.62. The standard InChI is InChI=1S/C13H15F5N6O/c1-2-3-4-5-6-9-10(12(14,15)13(16,17)18)24(22-20-9)11(25)23-8-7-19-21-23/h7-8H,2-6H2,1H3. The van der Waals surface area contributed by atoms with Crippen LogP contribution in [0.3, 0.4) is 0 Å². The number of hydrogen-bond acceptors (Lipinski definition) is 5. The third kappa shape index (κ3) is 3.82. The Morgan fingerprint density at radius 2 is 1.84 bits per heavy atom. The minimum absolute atomic E-state index is 0.0721. The summed E-state index contributed by atoms with van der Waals surface area (Å²) in [6.45, 7) is 1.93. The van der Waals surface area contributed by atoms with Gasteiger partial charge in [-0.05, 0) is 12.8 Å². The fourth-order valence-electron chi connectivity index (χ4n) is 2.19. The number of nitrogens with zero attached hydrogens (tertiary/aromatic N) is 6. The molecule has 12 heteroatoms. The molecule has 7 nitrogen and oxygen atoms in total. The zero-order valence-corrected chi connectivity index (χ0v) is 13.2. The number of hydrogen-bond donors (Lipinski definition) is 0. The summed E-state index contributed by atoms with van der Waals surface area (Å²) < 4.78 is 66.9. The lowest BCUT2D eigenvalue weighted by Crippen LogP contribution is -2.39. The van der Waals surface area contributed by atoms with Crippen molar-refractivity contribution in [2.75, 3.05) is 0 Å². The molecule has 0 aromatic carbocycles. The zero-order chi connectivity index (χ0) is 18.7. The summed E-state index contributed by atoms with van der Waals surface area (Å²) in [6, 6.07) is -1.33. The van der Waals surface area contributed by atoms with Crippen LogP contribution in [0.1, 0.15) is 44.0 Å². The molecule has 0 saturated heterocycles. The maximum absolute atomic E-state index is 14.0. The molecule has 2 aromatic rings. The smallest absolute Gasteiger partial charge is 0.243 e. The summed E-state index contributed by atoms with van der Waals surface area (Å²) in [5.41, 5.74) is -2.15. The van der Waals surface area contributed by atoms with E-state index in [1.165, 1.54) is 0 Å². The molecule has 0 unspecified atom stereocenters. The van der Waals surface area contributed by atoms with Gasteiger partial charge in [0.1, 0.15) is 0 Å². The van der Waals surface area contributed by atoms with Gasteiger partial charge in [0.2, 0.25) is 0 Å². The molecule has 0 fully saturated rings. The maximum atomic E-state index is 14.0. The maximum Gasteiger partial charge on any atom is 0.459 e. The van der Waals surface area contributed by atoms with E-state index >= 15 is 0 Å². The molecule has 2 heterocycles. The van der Waals surface area contributed by atoms with E-state index in [0.29, 0.717) is 17.5 Å².